The number of furan rings is 1. The molecule has 132 valence electrons. The van der Waals surface area contributed by atoms with Crippen LogP contribution >= 0.6 is 11.8 Å². The van der Waals surface area contributed by atoms with Gasteiger partial charge >= 0.3 is 5.91 Å². The van der Waals surface area contributed by atoms with Gasteiger partial charge in [-0.25, -0.2) is 0 Å². The molecule has 9 heteroatoms. The molecular weight excluding hydrogens is 346 g/mol. The van der Waals surface area contributed by atoms with Crippen molar-refractivity contribution in [3.05, 3.63) is 58.0 Å². The first-order valence-corrected chi connectivity index (χ1v) is 8.42. The number of carbonyl (C=O) groups excluding carboxylic acids is 2. The van der Waals surface area contributed by atoms with Crippen LogP contribution in [0.5, 0.6) is 0 Å². The number of nitro benzene ring substituents is 1. The molecule has 0 saturated carbocycles. The van der Waals surface area contributed by atoms with Gasteiger partial charge < -0.3 is 4.42 Å². The summed E-state index contributed by atoms with van der Waals surface area (Å²) in [5.74, 6) is -0.150. The van der Waals surface area contributed by atoms with Crippen molar-refractivity contribution in [3.63, 3.8) is 0 Å². The molecule has 0 atom stereocenters. The van der Waals surface area contributed by atoms with Crippen molar-refractivity contribution in [1.29, 1.82) is 0 Å². The molecule has 0 aliphatic rings. The van der Waals surface area contributed by atoms with Gasteiger partial charge in [0.25, 0.3) is 11.6 Å². The molecule has 0 spiro atoms. The number of hydrogen-bond acceptors (Lipinski definition) is 6. The highest BCUT2D eigenvalue weighted by molar-refractivity contribution is 7.99. The largest absolute Gasteiger partial charge is 0.459 e. The highest BCUT2D eigenvalue weighted by Gasteiger charge is 2.19. The molecule has 1 aromatic carbocycles. The smallest absolute Gasteiger partial charge is 0.305 e. The molecule has 25 heavy (non-hydrogen) atoms. The number of thioether (sulfide) groups is 1. The van der Waals surface area contributed by atoms with Crippen molar-refractivity contribution in [2.75, 3.05) is 5.75 Å². The highest BCUT2D eigenvalue weighted by Crippen LogP contribution is 2.31. The van der Waals surface area contributed by atoms with Gasteiger partial charge in [-0.15, -0.1) is 11.8 Å². The Bertz CT molecular complexity index is 774. The predicted octanol–water partition coefficient (Wildman–Crippen LogP) is 3.01. The Balaban J connectivity index is 2.07. The fourth-order valence-corrected chi connectivity index (χ4v) is 2.79. The van der Waals surface area contributed by atoms with E-state index >= 15 is 0 Å². The van der Waals surface area contributed by atoms with Crippen LogP contribution in [0.4, 0.5) is 5.69 Å². The number of nitrogens with one attached hydrogen (secondary N) is 2. The quantitative estimate of drug-likeness (QED) is 0.463. The summed E-state index contributed by atoms with van der Waals surface area (Å²) in [4.78, 5) is 35.0. The van der Waals surface area contributed by atoms with Crippen molar-refractivity contribution in [2.24, 2.45) is 5.92 Å². The Labute approximate surface area is 148 Å². The molecular formula is C16H17N3O5S. The second-order valence-corrected chi connectivity index (χ2v) is 6.59. The number of hydrogen-bond donors (Lipinski definition) is 2. The molecule has 0 bridgehead atoms. The Morgan fingerprint density at radius 1 is 1.24 bits per heavy atom. The molecule has 2 N–H and O–H groups in total. The Morgan fingerprint density at radius 3 is 2.56 bits per heavy atom. The third kappa shape index (κ3) is 5.08. The number of nitrogens with zero attached hydrogens (tertiary/aromatic N) is 1. The number of nitro groups is 1. The van der Waals surface area contributed by atoms with E-state index < -0.39 is 16.7 Å². The zero-order valence-corrected chi connectivity index (χ0v) is 14.5. The maximum Gasteiger partial charge on any atom is 0.305 e. The molecule has 0 aliphatic heterocycles. The molecule has 2 aromatic rings. The van der Waals surface area contributed by atoms with E-state index in [-0.39, 0.29) is 17.0 Å². The maximum atomic E-state index is 12.1. The first-order chi connectivity index (χ1) is 11.9. The van der Waals surface area contributed by atoms with Crippen molar-refractivity contribution in [3.8, 4) is 0 Å². The van der Waals surface area contributed by atoms with Crippen LogP contribution in [0.15, 0.2) is 45.9 Å². The minimum Gasteiger partial charge on any atom is -0.459 e. The average Bonchev–Trinajstić information content (AvgIpc) is 3.11. The molecule has 2 rings (SSSR count). The van der Waals surface area contributed by atoms with E-state index in [1.165, 1.54) is 48.4 Å². The van der Waals surface area contributed by atoms with Crippen LogP contribution in [0.1, 0.15) is 34.8 Å². The molecule has 8 nitrogen and oxygen atoms in total. The van der Waals surface area contributed by atoms with Crippen molar-refractivity contribution in [1.82, 2.24) is 10.9 Å². The summed E-state index contributed by atoms with van der Waals surface area (Å²) in [6.45, 7) is 4.03. The number of carbonyl (C=O) groups is 2. The lowest BCUT2D eigenvalue weighted by Crippen LogP contribution is -2.41. The molecule has 0 saturated heterocycles. The lowest BCUT2D eigenvalue weighted by atomic mass is 10.2. The molecule has 0 radical (unpaired) electrons. The van der Waals surface area contributed by atoms with E-state index in [0.717, 1.165) is 5.75 Å². The van der Waals surface area contributed by atoms with Crippen LogP contribution < -0.4 is 10.9 Å². The SMILES string of the molecule is CC(C)CSc1ccc(C(=O)NNC(=O)c2ccco2)cc1[N+](=O)[O-]. The number of amides is 2. The summed E-state index contributed by atoms with van der Waals surface area (Å²) >= 11 is 1.36. The Hall–Kier alpha value is -2.81. The van der Waals surface area contributed by atoms with Gasteiger partial charge in [0.15, 0.2) is 5.76 Å². The van der Waals surface area contributed by atoms with Crippen molar-refractivity contribution >= 4 is 29.3 Å². The summed E-state index contributed by atoms with van der Waals surface area (Å²) < 4.78 is 4.89. The Kier molecular flexibility index (Phi) is 6.18. The molecule has 1 heterocycles. The molecule has 2 amide bonds. The topological polar surface area (TPSA) is 114 Å². The molecule has 1 aromatic heterocycles. The van der Waals surface area contributed by atoms with Crippen molar-refractivity contribution < 1.29 is 18.9 Å². The lowest BCUT2D eigenvalue weighted by Gasteiger charge is -2.08. The van der Waals surface area contributed by atoms with Gasteiger partial charge in [-0.05, 0) is 30.2 Å². The summed E-state index contributed by atoms with van der Waals surface area (Å²) in [6.07, 6.45) is 1.33. The van der Waals surface area contributed by atoms with Gasteiger partial charge in [0.05, 0.1) is 16.1 Å². The lowest BCUT2D eigenvalue weighted by molar-refractivity contribution is -0.387. The van der Waals surface area contributed by atoms with E-state index in [0.29, 0.717) is 10.8 Å². The number of rotatable bonds is 6. The second kappa shape index (κ2) is 8.34. The van der Waals surface area contributed by atoms with E-state index in [2.05, 4.69) is 10.9 Å². The Morgan fingerprint density at radius 2 is 1.96 bits per heavy atom. The molecule has 0 fully saturated rings. The zero-order chi connectivity index (χ0) is 18.4. The third-order valence-corrected chi connectivity index (χ3v) is 4.51. The predicted molar refractivity (Wildman–Crippen MR) is 92.3 cm³/mol. The van der Waals surface area contributed by atoms with Gasteiger partial charge in [-0.3, -0.25) is 30.6 Å². The zero-order valence-electron chi connectivity index (χ0n) is 13.6. The standard InChI is InChI=1S/C16H17N3O5S/c1-10(2)9-25-14-6-5-11(8-12(14)19(22)23)15(20)17-18-16(21)13-4-3-7-24-13/h3-8,10H,9H2,1-2H3,(H,17,20)(H,18,21). The van der Waals surface area contributed by atoms with Gasteiger partial charge in [0.2, 0.25) is 0 Å². The number of benzene rings is 1. The third-order valence-electron chi connectivity index (χ3n) is 3.02. The number of hydrazine groups is 1. The first kappa shape index (κ1) is 18.5. The van der Waals surface area contributed by atoms with Gasteiger partial charge in [-0.2, -0.15) is 0 Å². The summed E-state index contributed by atoms with van der Waals surface area (Å²) in [5.41, 5.74) is 4.30. The minimum absolute atomic E-state index is 0.0340. The van der Waals surface area contributed by atoms with Gasteiger partial charge in [0.1, 0.15) is 0 Å². The maximum absolute atomic E-state index is 12.1. The van der Waals surface area contributed by atoms with Crippen LogP contribution in [-0.4, -0.2) is 22.5 Å². The van der Waals surface area contributed by atoms with Crippen LogP contribution in [-0.2, 0) is 0 Å². The molecule has 0 aliphatic carbocycles. The van der Waals surface area contributed by atoms with Crippen LogP contribution in [0.2, 0.25) is 0 Å². The van der Waals surface area contributed by atoms with Crippen LogP contribution in [0.3, 0.4) is 0 Å². The first-order valence-electron chi connectivity index (χ1n) is 7.44. The summed E-state index contributed by atoms with van der Waals surface area (Å²) in [5, 5.41) is 11.2. The summed E-state index contributed by atoms with van der Waals surface area (Å²) in [6, 6.07) is 7.18. The van der Waals surface area contributed by atoms with E-state index in [1.807, 2.05) is 13.8 Å². The normalized spacial score (nSPS) is 10.5. The van der Waals surface area contributed by atoms with E-state index in [1.54, 1.807) is 0 Å². The van der Waals surface area contributed by atoms with Gasteiger partial charge in [-0.1, -0.05) is 13.8 Å². The monoisotopic (exact) mass is 363 g/mol. The van der Waals surface area contributed by atoms with Gasteiger partial charge in [0, 0.05) is 17.4 Å². The average molecular weight is 363 g/mol. The highest BCUT2D eigenvalue weighted by atomic mass is 32.2. The summed E-state index contributed by atoms with van der Waals surface area (Å²) in [7, 11) is 0. The van der Waals surface area contributed by atoms with E-state index in [9.17, 15) is 19.7 Å². The van der Waals surface area contributed by atoms with Crippen LogP contribution in [0, 0.1) is 16.0 Å². The van der Waals surface area contributed by atoms with E-state index in [4.69, 9.17) is 4.42 Å². The fourth-order valence-electron chi connectivity index (χ4n) is 1.83. The van der Waals surface area contributed by atoms with Crippen LogP contribution in [0.25, 0.3) is 0 Å². The second-order valence-electron chi connectivity index (χ2n) is 5.53. The van der Waals surface area contributed by atoms with Crippen molar-refractivity contribution in [2.45, 2.75) is 18.7 Å². The minimum atomic E-state index is -0.664. The molecule has 0 unspecified atom stereocenters. The fraction of sp³-hybridized carbons (Fsp3) is 0.250.